The molecule has 1 amide bonds. The Morgan fingerprint density at radius 3 is 2.48 bits per heavy atom. The third-order valence-electron chi connectivity index (χ3n) is 3.99. The van der Waals surface area contributed by atoms with Crippen molar-refractivity contribution in [3.63, 3.8) is 0 Å². The first kappa shape index (κ1) is 21.1. The zero-order valence-corrected chi connectivity index (χ0v) is 16.1. The highest BCUT2D eigenvalue weighted by Gasteiger charge is 2.35. The zero-order chi connectivity index (χ0) is 21.2. The van der Waals surface area contributed by atoms with Gasteiger partial charge in [0.15, 0.2) is 5.69 Å². The van der Waals surface area contributed by atoms with E-state index in [1.54, 1.807) is 12.1 Å². The normalized spacial score (nSPS) is 11.5. The maximum atomic E-state index is 13.8. The summed E-state index contributed by atoms with van der Waals surface area (Å²) in [6.07, 6.45) is -5.02. The number of alkyl halides is 3. The molecule has 0 fully saturated rings. The molecule has 0 atom stereocenters. The van der Waals surface area contributed by atoms with Crippen LogP contribution in [0.4, 0.5) is 17.6 Å². The van der Waals surface area contributed by atoms with Crippen LogP contribution in [0.1, 0.15) is 17.0 Å². The minimum absolute atomic E-state index is 0.00555. The van der Waals surface area contributed by atoms with Crippen molar-refractivity contribution in [2.45, 2.75) is 19.1 Å². The first-order valence-corrected chi connectivity index (χ1v) is 9.02. The van der Waals surface area contributed by atoms with Crippen LogP contribution in [0.5, 0.6) is 0 Å². The van der Waals surface area contributed by atoms with E-state index in [1.807, 2.05) is 0 Å². The van der Waals surface area contributed by atoms with E-state index in [2.05, 4.69) is 10.4 Å². The van der Waals surface area contributed by atoms with Crippen molar-refractivity contribution in [1.82, 2.24) is 15.1 Å². The largest absolute Gasteiger partial charge is 0.435 e. The molecule has 0 aliphatic heterocycles. The molecular formula is C19H13Cl2F4N3O. The average Bonchev–Trinajstić information content (AvgIpc) is 3.08. The van der Waals surface area contributed by atoms with Crippen LogP contribution in [-0.2, 0) is 23.9 Å². The second-order valence-electron chi connectivity index (χ2n) is 6.06. The molecule has 1 heterocycles. The first-order chi connectivity index (χ1) is 13.6. The van der Waals surface area contributed by atoms with Gasteiger partial charge >= 0.3 is 6.18 Å². The molecule has 0 saturated heterocycles. The van der Waals surface area contributed by atoms with E-state index >= 15 is 0 Å². The Balaban J connectivity index is 1.83. The monoisotopic (exact) mass is 445 g/mol. The van der Waals surface area contributed by atoms with Gasteiger partial charge in [0.25, 0.3) is 0 Å². The van der Waals surface area contributed by atoms with E-state index in [4.69, 9.17) is 23.2 Å². The van der Waals surface area contributed by atoms with Crippen molar-refractivity contribution < 1.29 is 22.4 Å². The Morgan fingerprint density at radius 2 is 1.83 bits per heavy atom. The highest BCUT2D eigenvalue weighted by molar-refractivity contribution is 6.31. The average molecular weight is 446 g/mol. The third kappa shape index (κ3) is 5.07. The minimum Gasteiger partial charge on any atom is -0.350 e. The molecule has 1 N–H and O–H groups in total. The first-order valence-electron chi connectivity index (χ1n) is 8.27. The maximum absolute atomic E-state index is 13.8. The summed E-state index contributed by atoms with van der Waals surface area (Å²) in [5.41, 5.74) is -0.730. The molecule has 0 spiro atoms. The van der Waals surface area contributed by atoms with Crippen molar-refractivity contribution in [3.8, 4) is 5.69 Å². The summed E-state index contributed by atoms with van der Waals surface area (Å²) in [6, 6.07) is 10.9. The Kier molecular flexibility index (Phi) is 6.14. The van der Waals surface area contributed by atoms with Crippen molar-refractivity contribution >= 4 is 29.1 Å². The Morgan fingerprint density at radius 1 is 1.10 bits per heavy atom. The maximum Gasteiger partial charge on any atom is 0.435 e. The van der Waals surface area contributed by atoms with Crippen LogP contribution in [0, 0.1) is 5.82 Å². The Hall–Kier alpha value is -2.58. The van der Waals surface area contributed by atoms with Gasteiger partial charge in [-0.05, 0) is 36.4 Å². The van der Waals surface area contributed by atoms with E-state index in [-0.39, 0.29) is 29.2 Å². The minimum atomic E-state index is -4.66. The molecule has 10 heteroatoms. The molecule has 29 heavy (non-hydrogen) atoms. The fraction of sp³-hybridized carbons (Fsp3) is 0.158. The number of benzene rings is 2. The summed E-state index contributed by atoms with van der Waals surface area (Å²) in [7, 11) is 0. The van der Waals surface area contributed by atoms with Gasteiger partial charge in [-0.3, -0.25) is 4.79 Å². The molecule has 3 aromatic rings. The number of halogens is 6. The molecule has 0 aliphatic carbocycles. The number of carbonyl (C=O) groups excluding carboxylic acids is 1. The molecule has 3 rings (SSSR count). The van der Waals surface area contributed by atoms with Gasteiger partial charge in [-0.25, -0.2) is 9.07 Å². The third-order valence-corrected chi connectivity index (χ3v) is 4.58. The molecule has 0 saturated carbocycles. The van der Waals surface area contributed by atoms with Crippen LogP contribution in [-0.4, -0.2) is 15.7 Å². The molecule has 1 aromatic heterocycles. The molecule has 0 aliphatic rings. The fourth-order valence-corrected chi connectivity index (χ4v) is 3.04. The lowest BCUT2D eigenvalue weighted by atomic mass is 10.1. The standard InChI is InChI=1S/C19H13Cl2F4N3O/c20-11-3-1-4-12(7-11)28-13(8-17(27-28)19(23,24)25)10-26-18(29)9-14-15(21)5-2-6-16(14)22/h1-8H,9-10H2,(H,26,29). The predicted octanol–water partition coefficient (Wildman–Crippen LogP) is 5.20. The summed E-state index contributed by atoms with van der Waals surface area (Å²) in [6.45, 7) is -0.263. The van der Waals surface area contributed by atoms with Gasteiger partial charge in [-0.2, -0.15) is 18.3 Å². The number of nitrogens with zero attached hydrogens (tertiary/aromatic N) is 2. The number of nitrogens with one attached hydrogen (secondary N) is 1. The van der Waals surface area contributed by atoms with Crippen LogP contribution in [0.2, 0.25) is 10.0 Å². The SMILES string of the molecule is O=C(Cc1c(F)cccc1Cl)NCc1cc(C(F)(F)F)nn1-c1cccc(Cl)c1. The van der Waals surface area contributed by atoms with Crippen LogP contribution in [0.25, 0.3) is 5.69 Å². The molecule has 0 bridgehead atoms. The van der Waals surface area contributed by atoms with Gasteiger partial charge in [-0.15, -0.1) is 0 Å². The number of aromatic nitrogens is 2. The van der Waals surface area contributed by atoms with E-state index in [1.165, 1.54) is 24.3 Å². The van der Waals surface area contributed by atoms with E-state index in [9.17, 15) is 22.4 Å². The van der Waals surface area contributed by atoms with Crippen LogP contribution in [0.3, 0.4) is 0 Å². The summed E-state index contributed by atoms with van der Waals surface area (Å²) < 4.78 is 54.2. The number of hydrogen-bond donors (Lipinski definition) is 1. The topological polar surface area (TPSA) is 46.9 Å². The summed E-state index contributed by atoms with van der Waals surface area (Å²) in [5, 5.41) is 6.45. The second-order valence-corrected chi connectivity index (χ2v) is 6.91. The summed E-state index contributed by atoms with van der Waals surface area (Å²) in [4.78, 5) is 12.2. The second kappa shape index (κ2) is 8.42. The zero-order valence-electron chi connectivity index (χ0n) is 14.6. The number of carbonyl (C=O) groups is 1. The van der Waals surface area contributed by atoms with Crippen molar-refractivity contribution in [2.24, 2.45) is 0 Å². The van der Waals surface area contributed by atoms with Gasteiger partial charge < -0.3 is 5.32 Å². The van der Waals surface area contributed by atoms with Crippen LogP contribution in [0.15, 0.2) is 48.5 Å². The highest BCUT2D eigenvalue weighted by atomic mass is 35.5. The Labute approximate surface area is 173 Å². The van der Waals surface area contributed by atoms with Gasteiger partial charge in [0.2, 0.25) is 5.91 Å². The molecular weight excluding hydrogens is 433 g/mol. The van der Waals surface area contributed by atoms with Gasteiger partial charge in [0, 0.05) is 15.6 Å². The fourth-order valence-electron chi connectivity index (χ4n) is 2.63. The molecule has 152 valence electrons. The lowest BCUT2D eigenvalue weighted by Gasteiger charge is -2.10. The highest BCUT2D eigenvalue weighted by Crippen LogP contribution is 2.30. The number of hydrogen-bond acceptors (Lipinski definition) is 2. The van der Waals surface area contributed by atoms with Crippen molar-refractivity contribution in [1.29, 1.82) is 0 Å². The number of rotatable bonds is 5. The van der Waals surface area contributed by atoms with Crippen molar-refractivity contribution in [3.05, 3.63) is 81.3 Å². The molecule has 0 unspecified atom stereocenters. The van der Waals surface area contributed by atoms with E-state index < -0.39 is 23.6 Å². The summed E-state index contributed by atoms with van der Waals surface area (Å²) >= 11 is 11.8. The lowest BCUT2D eigenvalue weighted by molar-refractivity contribution is -0.141. The van der Waals surface area contributed by atoms with E-state index in [0.717, 1.165) is 16.8 Å². The van der Waals surface area contributed by atoms with Crippen LogP contribution < -0.4 is 5.32 Å². The molecule has 2 aromatic carbocycles. The van der Waals surface area contributed by atoms with Gasteiger partial charge in [0.05, 0.1) is 24.3 Å². The Bertz CT molecular complexity index is 1030. The lowest BCUT2D eigenvalue weighted by Crippen LogP contribution is -2.26. The number of amides is 1. The summed E-state index contributed by atoms with van der Waals surface area (Å²) in [5.74, 6) is -1.25. The smallest absolute Gasteiger partial charge is 0.350 e. The predicted molar refractivity (Wildman–Crippen MR) is 101 cm³/mol. The molecule has 4 nitrogen and oxygen atoms in total. The van der Waals surface area contributed by atoms with Gasteiger partial charge in [-0.1, -0.05) is 35.3 Å². The van der Waals surface area contributed by atoms with Crippen LogP contribution >= 0.6 is 23.2 Å². The van der Waals surface area contributed by atoms with E-state index in [0.29, 0.717) is 10.7 Å². The quantitative estimate of drug-likeness (QED) is 0.548. The molecule has 0 radical (unpaired) electrons. The van der Waals surface area contributed by atoms with Gasteiger partial charge in [0.1, 0.15) is 5.82 Å². The van der Waals surface area contributed by atoms with Crippen molar-refractivity contribution in [2.75, 3.05) is 0 Å².